The predicted octanol–water partition coefficient (Wildman–Crippen LogP) is 2.30. The van der Waals surface area contributed by atoms with Crippen molar-refractivity contribution in [1.82, 2.24) is 5.32 Å². The molecule has 1 aliphatic rings. The number of halogens is 2. The van der Waals surface area contributed by atoms with Crippen molar-refractivity contribution < 1.29 is 9.53 Å². The molecule has 0 spiro atoms. The van der Waals surface area contributed by atoms with Gasteiger partial charge in [-0.1, -0.05) is 0 Å². The van der Waals surface area contributed by atoms with Crippen molar-refractivity contribution in [1.29, 1.82) is 0 Å². The fourth-order valence-electron chi connectivity index (χ4n) is 2.09. The van der Waals surface area contributed by atoms with Crippen LogP contribution in [0.15, 0.2) is 15.2 Å². The Morgan fingerprint density at radius 1 is 1.53 bits per heavy atom. The second-order valence-corrected chi connectivity index (χ2v) is 6.83. The van der Waals surface area contributed by atoms with Crippen LogP contribution in [0.5, 0.6) is 0 Å². The van der Waals surface area contributed by atoms with Crippen LogP contribution in [0.3, 0.4) is 0 Å². The zero-order chi connectivity index (χ0) is 13.0. The van der Waals surface area contributed by atoms with Crippen molar-refractivity contribution in [2.24, 2.45) is 11.1 Å². The Morgan fingerprint density at radius 3 is 2.74 bits per heavy atom. The second-order valence-electron chi connectivity index (χ2n) is 4.54. The van der Waals surface area contributed by atoms with Crippen molar-refractivity contribution >= 4 is 45.6 Å². The highest BCUT2D eigenvalue weighted by Crippen LogP contribution is 2.29. The van der Waals surface area contributed by atoms with Crippen LogP contribution >= 0.6 is 39.7 Å². The Kier molecular flexibility index (Phi) is 6.76. The summed E-state index contributed by atoms with van der Waals surface area (Å²) in [6, 6.07) is 2.02. The van der Waals surface area contributed by atoms with Gasteiger partial charge in [0, 0.05) is 26.3 Å². The molecule has 2 rings (SSSR count). The number of carbonyl (C=O) groups is 1. The number of amides is 1. The zero-order valence-electron chi connectivity index (χ0n) is 10.5. The van der Waals surface area contributed by atoms with Crippen molar-refractivity contribution in [3.63, 3.8) is 0 Å². The van der Waals surface area contributed by atoms with E-state index >= 15 is 0 Å². The number of hydrogen-bond donors (Lipinski definition) is 2. The molecule has 1 aliphatic heterocycles. The Bertz CT molecular complexity index is 422. The minimum atomic E-state index is -0.439. The van der Waals surface area contributed by atoms with Gasteiger partial charge < -0.3 is 15.8 Å². The Morgan fingerprint density at radius 2 is 2.21 bits per heavy atom. The average Bonchev–Trinajstić information content (AvgIpc) is 2.82. The van der Waals surface area contributed by atoms with Gasteiger partial charge in [0.1, 0.15) is 0 Å². The lowest BCUT2D eigenvalue weighted by Gasteiger charge is -2.34. The molecule has 1 saturated heterocycles. The Hall–Kier alpha value is -0.140. The summed E-state index contributed by atoms with van der Waals surface area (Å²) < 4.78 is 6.38. The van der Waals surface area contributed by atoms with Gasteiger partial charge in [0.15, 0.2) is 0 Å². The van der Waals surface area contributed by atoms with E-state index in [2.05, 4.69) is 21.2 Å². The largest absolute Gasteiger partial charge is 0.381 e. The summed E-state index contributed by atoms with van der Waals surface area (Å²) in [4.78, 5) is 12.3. The fourth-order valence-corrected chi connectivity index (χ4v) is 3.30. The monoisotopic (exact) mass is 368 g/mol. The maximum Gasteiger partial charge on any atom is 0.227 e. The molecular weight excluding hydrogens is 352 g/mol. The molecule has 1 fully saturated rings. The normalized spacial score (nSPS) is 17.6. The highest BCUT2D eigenvalue weighted by atomic mass is 79.9. The maximum atomic E-state index is 12.3. The summed E-state index contributed by atoms with van der Waals surface area (Å²) in [5, 5.41) is 5.02. The third-order valence-electron chi connectivity index (χ3n) is 3.40. The van der Waals surface area contributed by atoms with Gasteiger partial charge in [0.2, 0.25) is 5.91 Å². The number of nitrogens with one attached hydrogen (secondary N) is 1. The first-order valence-electron chi connectivity index (χ1n) is 5.95. The van der Waals surface area contributed by atoms with Crippen molar-refractivity contribution in [3.8, 4) is 0 Å². The quantitative estimate of drug-likeness (QED) is 0.856. The molecule has 1 aromatic heterocycles. The Labute approximate surface area is 131 Å². The summed E-state index contributed by atoms with van der Waals surface area (Å²) in [5.74, 6) is 0.0515. The maximum absolute atomic E-state index is 12.3. The highest BCUT2D eigenvalue weighted by molar-refractivity contribution is 9.11. The van der Waals surface area contributed by atoms with Crippen LogP contribution in [0.2, 0.25) is 0 Å². The van der Waals surface area contributed by atoms with Crippen molar-refractivity contribution in [2.75, 3.05) is 19.8 Å². The lowest BCUT2D eigenvalue weighted by atomic mass is 9.79. The fraction of sp³-hybridized carbons (Fsp3) is 0.583. The van der Waals surface area contributed by atoms with Crippen LogP contribution < -0.4 is 11.1 Å². The van der Waals surface area contributed by atoms with E-state index in [0.717, 1.165) is 9.35 Å². The number of carbonyl (C=O) groups excluding carboxylic acids is 1. The number of hydrogen-bond acceptors (Lipinski definition) is 4. The van der Waals surface area contributed by atoms with E-state index in [4.69, 9.17) is 10.5 Å². The molecule has 1 amide bonds. The Balaban J connectivity index is 0.00000180. The van der Waals surface area contributed by atoms with Gasteiger partial charge in [0.05, 0.1) is 9.20 Å². The van der Waals surface area contributed by atoms with Crippen LogP contribution in [0.1, 0.15) is 18.4 Å². The number of nitrogens with two attached hydrogens (primary N) is 1. The van der Waals surface area contributed by atoms with Crippen molar-refractivity contribution in [2.45, 2.75) is 19.4 Å². The van der Waals surface area contributed by atoms with Gasteiger partial charge >= 0.3 is 0 Å². The molecule has 7 heteroatoms. The molecular formula is C12H18BrClN2O2S. The highest BCUT2D eigenvalue weighted by Gasteiger charge is 2.38. The molecule has 0 radical (unpaired) electrons. The van der Waals surface area contributed by atoms with E-state index in [1.165, 1.54) is 0 Å². The standard InChI is InChI=1S/C12H17BrN2O2S.ClH/c13-10-5-9(7-18-10)6-15-11(16)12(8-14)1-3-17-4-2-12;/h5,7H,1-4,6,8,14H2,(H,15,16);1H. The van der Waals surface area contributed by atoms with E-state index in [0.29, 0.717) is 39.1 Å². The van der Waals surface area contributed by atoms with Crippen LogP contribution in [-0.2, 0) is 16.1 Å². The minimum absolute atomic E-state index is 0. The number of thiophene rings is 1. The summed E-state index contributed by atoms with van der Waals surface area (Å²) in [5.41, 5.74) is 6.46. The lowest BCUT2D eigenvalue weighted by molar-refractivity contribution is -0.136. The number of rotatable bonds is 4. The minimum Gasteiger partial charge on any atom is -0.381 e. The van der Waals surface area contributed by atoms with Gasteiger partial charge in [-0.25, -0.2) is 0 Å². The molecule has 19 heavy (non-hydrogen) atoms. The molecule has 2 heterocycles. The van der Waals surface area contributed by atoms with E-state index in [1.807, 2.05) is 11.4 Å². The van der Waals surface area contributed by atoms with Crippen LogP contribution in [0.4, 0.5) is 0 Å². The third-order valence-corrected chi connectivity index (χ3v) is 4.95. The first-order valence-corrected chi connectivity index (χ1v) is 7.62. The molecule has 108 valence electrons. The van der Waals surface area contributed by atoms with Gasteiger partial charge in [0.25, 0.3) is 0 Å². The van der Waals surface area contributed by atoms with Crippen LogP contribution in [-0.4, -0.2) is 25.7 Å². The van der Waals surface area contributed by atoms with Gasteiger partial charge in [-0.15, -0.1) is 23.7 Å². The zero-order valence-corrected chi connectivity index (χ0v) is 13.7. The summed E-state index contributed by atoms with van der Waals surface area (Å²) in [7, 11) is 0. The average molecular weight is 370 g/mol. The van der Waals surface area contributed by atoms with E-state index < -0.39 is 5.41 Å². The molecule has 0 aliphatic carbocycles. The summed E-state index contributed by atoms with van der Waals surface area (Å²) >= 11 is 5.03. The summed E-state index contributed by atoms with van der Waals surface area (Å²) in [6.45, 7) is 2.18. The van der Waals surface area contributed by atoms with Gasteiger partial charge in [-0.05, 0) is 45.8 Å². The summed E-state index contributed by atoms with van der Waals surface area (Å²) in [6.07, 6.45) is 1.42. The molecule has 3 N–H and O–H groups in total. The van der Waals surface area contributed by atoms with Crippen LogP contribution in [0.25, 0.3) is 0 Å². The molecule has 1 aromatic rings. The number of ether oxygens (including phenoxy) is 1. The van der Waals surface area contributed by atoms with Crippen LogP contribution in [0, 0.1) is 5.41 Å². The SMILES string of the molecule is Cl.NCC1(C(=O)NCc2csc(Br)c2)CCOCC1. The molecule has 0 aromatic carbocycles. The molecule has 0 bridgehead atoms. The predicted molar refractivity (Wildman–Crippen MR) is 82.7 cm³/mol. The first kappa shape index (κ1) is 16.9. The van der Waals surface area contributed by atoms with E-state index in [1.54, 1.807) is 11.3 Å². The molecule has 0 unspecified atom stereocenters. The smallest absolute Gasteiger partial charge is 0.227 e. The van der Waals surface area contributed by atoms with Crippen molar-refractivity contribution in [3.05, 3.63) is 20.8 Å². The second kappa shape index (κ2) is 7.59. The van der Waals surface area contributed by atoms with E-state index in [-0.39, 0.29) is 18.3 Å². The van der Waals surface area contributed by atoms with E-state index in [9.17, 15) is 4.79 Å². The first-order chi connectivity index (χ1) is 8.66. The lowest BCUT2D eigenvalue weighted by Crippen LogP contribution is -2.48. The third kappa shape index (κ3) is 4.16. The topological polar surface area (TPSA) is 64.4 Å². The van der Waals surface area contributed by atoms with Gasteiger partial charge in [-0.2, -0.15) is 0 Å². The molecule has 0 saturated carbocycles. The molecule has 4 nitrogen and oxygen atoms in total. The molecule has 0 atom stereocenters. The van der Waals surface area contributed by atoms with Gasteiger partial charge in [-0.3, -0.25) is 4.79 Å².